The molecule has 1 heterocycles. The number of hydrogen-bond acceptors (Lipinski definition) is 5. The van der Waals surface area contributed by atoms with Gasteiger partial charge in [0.1, 0.15) is 6.04 Å². The molecule has 41 heavy (non-hydrogen) atoms. The molecular weight excluding hydrogens is 585 g/mol. The van der Waals surface area contributed by atoms with Gasteiger partial charge < -0.3 is 20.6 Å². The molecule has 11 heteroatoms. The summed E-state index contributed by atoms with van der Waals surface area (Å²) < 4.78 is 0. The Bertz CT molecular complexity index is 1500. The number of carbonyl (C=O) groups excluding carboxylic acids is 3. The number of nitrogens with zero attached hydrogens (tertiary/aromatic N) is 1. The maximum Gasteiger partial charge on any atom is 0.328 e. The van der Waals surface area contributed by atoms with Gasteiger partial charge in [0.15, 0.2) is 0 Å². The van der Waals surface area contributed by atoms with Crippen molar-refractivity contribution >= 4 is 75.5 Å². The zero-order chi connectivity index (χ0) is 29.5. The normalized spacial score (nSPS) is 14.7. The number of hydrogen-bond donors (Lipinski definition) is 3. The average Bonchev–Trinajstić information content (AvgIpc) is 2.99. The Balaban J connectivity index is 1.27. The molecule has 3 amide bonds. The van der Waals surface area contributed by atoms with E-state index >= 15 is 0 Å². The van der Waals surface area contributed by atoms with E-state index in [4.69, 9.17) is 23.2 Å². The predicted octanol–water partition coefficient (Wildman–Crippen LogP) is 5.12. The molecule has 0 saturated carbocycles. The molecule has 1 aliphatic rings. The second-order valence-corrected chi connectivity index (χ2v) is 11.2. The molecule has 1 unspecified atom stereocenters. The molecule has 0 aromatic heterocycles. The minimum atomic E-state index is -1.29. The van der Waals surface area contributed by atoms with Crippen molar-refractivity contribution in [2.45, 2.75) is 23.8 Å². The summed E-state index contributed by atoms with van der Waals surface area (Å²) in [4.78, 5) is 52.5. The van der Waals surface area contributed by atoms with Crippen molar-refractivity contribution < 1.29 is 24.3 Å². The van der Waals surface area contributed by atoms with Crippen LogP contribution in [-0.2, 0) is 14.4 Å². The maximum absolute atomic E-state index is 12.8. The van der Waals surface area contributed by atoms with Crippen LogP contribution in [0.1, 0.15) is 28.8 Å². The Morgan fingerprint density at radius 3 is 2.41 bits per heavy atom. The summed E-state index contributed by atoms with van der Waals surface area (Å²) in [6, 6.07) is 15.2. The third kappa shape index (κ3) is 7.61. The summed E-state index contributed by atoms with van der Waals surface area (Å²) in [5, 5.41) is 17.5. The van der Waals surface area contributed by atoms with Gasteiger partial charge in [-0.3, -0.25) is 14.4 Å². The van der Waals surface area contributed by atoms with Crippen molar-refractivity contribution in [2.24, 2.45) is 5.92 Å². The second-order valence-electron chi connectivity index (χ2n) is 9.59. The molecule has 4 rings (SSSR count). The summed E-state index contributed by atoms with van der Waals surface area (Å²) in [6.45, 7) is 0.425. The number of thioether (sulfide) groups is 1. The molecule has 1 fully saturated rings. The van der Waals surface area contributed by atoms with Crippen LogP contribution in [0.15, 0.2) is 65.6 Å². The molecule has 1 saturated heterocycles. The summed E-state index contributed by atoms with van der Waals surface area (Å²) in [5.74, 6) is -2.77. The van der Waals surface area contributed by atoms with E-state index in [1.54, 1.807) is 29.2 Å². The fourth-order valence-electron chi connectivity index (χ4n) is 4.58. The highest BCUT2D eigenvalue weighted by atomic mass is 35.5. The lowest BCUT2D eigenvalue weighted by Gasteiger charge is -2.31. The second kappa shape index (κ2) is 13.9. The van der Waals surface area contributed by atoms with Gasteiger partial charge in [0.2, 0.25) is 11.8 Å². The van der Waals surface area contributed by atoms with Crippen LogP contribution in [-0.4, -0.2) is 65.6 Å². The van der Waals surface area contributed by atoms with Gasteiger partial charge in [0.25, 0.3) is 5.91 Å². The number of carboxylic acid groups (broad SMARTS) is 1. The molecule has 3 N–H and O–H groups in total. The van der Waals surface area contributed by atoms with Crippen LogP contribution in [0.25, 0.3) is 16.8 Å². The molecule has 214 valence electrons. The largest absolute Gasteiger partial charge is 0.480 e. The highest BCUT2D eigenvalue weighted by molar-refractivity contribution is 7.98. The van der Waals surface area contributed by atoms with Crippen LogP contribution in [0.5, 0.6) is 0 Å². The summed E-state index contributed by atoms with van der Waals surface area (Å²) in [6.07, 6.45) is 5.71. The van der Waals surface area contributed by atoms with Gasteiger partial charge in [-0.15, -0.1) is 11.8 Å². The van der Waals surface area contributed by atoms with Gasteiger partial charge >= 0.3 is 5.97 Å². The zero-order valence-corrected chi connectivity index (χ0v) is 24.6. The van der Waals surface area contributed by atoms with Crippen LogP contribution in [0.3, 0.4) is 0 Å². The Morgan fingerprint density at radius 2 is 1.73 bits per heavy atom. The smallest absolute Gasteiger partial charge is 0.328 e. The number of aliphatic carboxylic acids is 1. The Morgan fingerprint density at radius 1 is 1.02 bits per heavy atom. The monoisotopic (exact) mass is 613 g/mol. The first-order valence-corrected chi connectivity index (χ1v) is 14.9. The number of amides is 3. The molecule has 8 nitrogen and oxygen atoms in total. The molecule has 1 atom stereocenters. The van der Waals surface area contributed by atoms with Crippen molar-refractivity contribution in [2.75, 3.05) is 25.9 Å². The number of halogens is 2. The lowest BCUT2D eigenvalue weighted by Crippen LogP contribution is -2.51. The number of rotatable bonds is 9. The molecule has 3 aromatic carbocycles. The lowest BCUT2D eigenvalue weighted by molar-refractivity contribution is -0.142. The van der Waals surface area contributed by atoms with Crippen LogP contribution < -0.4 is 10.6 Å². The topological polar surface area (TPSA) is 116 Å². The van der Waals surface area contributed by atoms with Gasteiger partial charge in [0, 0.05) is 42.1 Å². The van der Waals surface area contributed by atoms with Crippen molar-refractivity contribution in [3.8, 4) is 0 Å². The molecular formula is C30H29Cl2N3O5S. The van der Waals surface area contributed by atoms with E-state index in [1.165, 1.54) is 17.8 Å². The van der Waals surface area contributed by atoms with Gasteiger partial charge in [0.05, 0.1) is 10.0 Å². The average molecular weight is 615 g/mol. The number of likely N-dealkylation sites (tertiary alicyclic amines) is 1. The third-order valence-corrected chi connectivity index (χ3v) is 8.76. The number of fused-ring (bicyclic) bond motifs is 1. The molecule has 0 radical (unpaired) electrons. The van der Waals surface area contributed by atoms with Crippen molar-refractivity contribution in [3.63, 3.8) is 0 Å². The zero-order valence-electron chi connectivity index (χ0n) is 22.2. The van der Waals surface area contributed by atoms with E-state index in [9.17, 15) is 24.3 Å². The minimum absolute atomic E-state index is 0.218. The van der Waals surface area contributed by atoms with E-state index in [-0.39, 0.29) is 12.5 Å². The van der Waals surface area contributed by atoms with E-state index in [0.717, 1.165) is 15.7 Å². The lowest BCUT2D eigenvalue weighted by atomic mass is 9.95. The SMILES string of the molecule is CSc1ccc(C=CC(=O)N2CCC(C(=O)NC(CNC(=O)c3ccc4ccccc4c3)C(=O)O)CC2)c(Cl)c1Cl. The van der Waals surface area contributed by atoms with Gasteiger partial charge in [-0.25, -0.2) is 4.79 Å². The fourth-order valence-corrected chi connectivity index (χ4v) is 5.75. The van der Waals surface area contributed by atoms with Crippen molar-refractivity contribution in [1.82, 2.24) is 15.5 Å². The number of nitrogens with one attached hydrogen (secondary N) is 2. The summed E-state index contributed by atoms with van der Waals surface area (Å²) in [7, 11) is 0. The molecule has 0 aliphatic carbocycles. The quantitative estimate of drug-likeness (QED) is 0.228. The highest BCUT2D eigenvalue weighted by Gasteiger charge is 2.30. The highest BCUT2D eigenvalue weighted by Crippen LogP contribution is 2.35. The first-order valence-electron chi connectivity index (χ1n) is 13.0. The van der Waals surface area contributed by atoms with Crippen LogP contribution in [0.2, 0.25) is 10.0 Å². The third-order valence-electron chi connectivity index (χ3n) is 6.97. The van der Waals surface area contributed by atoms with Gasteiger partial charge in [-0.2, -0.15) is 0 Å². The molecule has 3 aromatic rings. The van der Waals surface area contributed by atoms with Gasteiger partial charge in [-0.05, 0) is 59.7 Å². The number of benzene rings is 3. The van der Waals surface area contributed by atoms with Crippen LogP contribution >= 0.6 is 35.0 Å². The van der Waals surface area contributed by atoms with Crippen LogP contribution in [0, 0.1) is 5.92 Å². The maximum atomic E-state index is 12.8. The number of carbonyl (C=O) groups is 4. The molecule has 0 bridgehead atoms. The number of carboxylic acids is 1. The van der Waals surface area contributed by atoms with Crippen molar-refractivity contribution in [3.05, 3.63) is 81.8 Å². The van der Waals surface area contributed by atoms with Gasteiger partial charge in [-0.1, -0.05) is 59.6 Å². The van der Waals surface area contributed by atoms with E-state index in [2.05, 4.69) is 10.6 Å². The Hall–Kier alpha value is -3.53. The predicted molar refractivity (Wildman–Crippen MR) is 162 cm³/mol. The van der Waals surface area contributed by atoms with Crippen LogP contribution in [0.4, 0.5) is 0 Å². The summed E-state index contributed by atoms with van der Waals surface area (Å²) >= 11 is 14.1. The molecule has 1 aliphatic heterocycles. The number of piperidine rings is 1. The Labute approximate surface area is 252 Å². The fraction of sp³-hybridized carbons (Fsp3) is 0.267. The van der Waals surface area contributed by atoms with Crippen molar-refractivity contribution in [1.29, 1.82) is 0 Å². The molecule has 0 spiro atoms. The minimum Gasteiger partial charge on any atom is -0.480 e. The first-order chi connectivity index (χ1) is 19.7. The van der Waals surface area contributed by atoms with E-state index < -0.39 is 29.7 Å². The first kappa shape index (κ1) is 30.4. The van der Waals surface area contributed by atoms with E-state index in [1.807, 2.05) is 42.7 Å². The standard InChI is InChI=1S/C30H29Cl2N3O5S/c1-41-24-10-8-19(26(31)27(24)32)9-11-25(36)35-14-12-20(13-15-35)29(38)34-23(30(39)40)17-33-28(37)22-7-6-18-4-2-3-5-21(18)16-22/h2-11,16,20,23H,12-15,17H2,1H3,(H,33,37)(H,34,38)(H,39,40). The Kier molecular flexibility index (Phi) is 10.3. The summed E-state index contributed by atoms with van der Waals surface area (Å²) in [5.41, 5.74) is 1.03. The van der Waals surface area contributed by atoms with E-state index in [0.29, 0.717) is 47.1 Å².